The number of carbonyl (C=O) groups excluding carboxylic acids is 2. The highest BCUT2D eigenvalue weighted by Crippen LogP contribution is 2.13. The van der Waals surface area contributed by atoms with E-state index in [1.807, 2.05) is 13.0 Å². The van der Waals surface area contributed by atoms with E-state index in [0.717, 1.165) is 5.56 Å². The molecule has 0 atom stereocenters. The van der Waals surface area contributed by atoms with E-state index in [9.17, 15) is 9.59 Å². The van der Waals surface area contributed by atoms with Gasteiger partial charge in [0.25, 0.3) is 5.91 Å². The zero-order valence-electron chi connectivity index (χ0n) is 12.6. The second-order valence-corrected chi connectivity index (χ2v) is 4.66. The number of hydrogen-bond donors (Lipinski definition) is 2. The Balaban J connectivity index is 3.04. The molecule has 0 bridgehead atoms. The summed E-state index contributed by atoms with van der Waals surface area (Å²) in [5, 5.41) is 11.2. The number of carbonyl (C=O) groups is 2. The van der Waals surface area contributed by atoms with E-state index in [-0.39, 0.29) is 25.0 Å². The third-order valence-corrected chi connectivity index (χ3v) is 2.87. The lowest BCUT2D eigenvalue weighted by molar-refractivity contribution is -0.121. The van der Waals surface area contributed by atoms with Gasteiger partial charge in [-0.05, 0) is 19.1 Å². The van der Waals surface area contributed by atoms with Crippen LogP contribution in [0.4, 0.5) is 0 Å². The Labute approximate surface area is 125 Å². The average Bonchev–Trinajstić information content (AvgIpc) is 2.47. The van der Waals surface area contributed by atoms with Crippen LogP contribution in [0.25, 0.3) is 0 Å². The molecule has 21 heavy (non-hydrogen) atoms. The SMILES string of the molecule is CNC(=O)CN(C)C(=O)c1cc(C)ccc1C#CCCO. The first-order valence-electron chi connectivity index (χ1n) is 6.66. The highest BCUT2D eigenvalue weighted by atomic mass is 16.2. The highest BCUT2D eigenvalue weighted by molar-refractivity contribution is 5.98. The predicted molar refractivity (Wildman–Crippen MR) is 80.8 cm³/mol. The molecule has 0 fully saturated rings. The third kappa shape index (κ3) is 4.93. The Morgan fingerprint density at radius 1 is 1.38 bits per heavy atom. The number of nitrogens with zero attached hydrogens (tertiary/aromatic N) is 1. The lowest BCUT2D eigenvalue weighted by Crippen LogP contribution is -2.37. The van der Waals surface area contributed by atoms with Gasteiger partial charge in [0.15, 0.2) is 0 Å². The number of benzene rings is 1. The molecule has 0 spiro atoms. The number of rotatable bonds is 4. The zero-order chi connectivity index (χ0) is 15.8. The van der Waals surface area contributed by atoms with Gasteiger partial charge in [-0.25, -0.2) is 0 Å². The van der Waals surface area contributed by atoms with Crippen LogP contribution >= 0.6 is 0 Å². The summed E-state index contributed by atoms with van der Waals surface area (Å²) < 4.78 is 0. The standard InChI is InChI=1S/C16H20N2O3/c1-12-7-8-13(6-4-5-9-19)14(10-12)16(21)18(3)11-15(20)17-2/h7-8,10,19H,5,9,11H2,1-3H3,(H,17,20). The first-order valence-corrected chi connectivity index (χ1v) is 6.66. The zero-order valence-corrected chi connectivity index (χ0v) is 12.6. The fraction of sp³-hybridized carbons (Fsp3) is 0.375. The summed E-state index contributed by atoms with van der Waals surface area (Å²) in [4.78, 5) is 25.1. The summed E-state index contributed by atoms with van der Waals surface area (Å²) in [7, 11) is 3.10. The summed E-state index contributed by atoms with van der Waals surface area (Å²) in [6.07, 6.45) is 0.357. The lowest BCUT2D eigenvalue weighted by Gasteiger charge is -2.17. The molecule has 0 heterocycles. The molecule has 2 amide bonds. The van der Waals surface area contributed by atoms with E-state index in [0.29, 0.717) is 17.5 Å². The molecule has 112 valence electrons. The maximum Gasteiger partial charge on any atom is 0.255 e. The topological polar surface area (TPSA) is 69.6 Å². The van der Waals surface area contributed by atoms with Crippen LogP contribution in [0.15, 0.2) is 18.2 Å². The molecule has 0 aliphatic carbocycles. The Kier molecular flexibility index (Phi) is 6.44. The molecule has 0 radical (unpaired) electrons. The number of amides is 2. The molecule has 0 saturated heterocycles. The van der Waals surface area contributed by atoms with Gasteiger partial charge in [-0.1, -0.05) is 23.5 Å². The number of hydrogen-bond acceptors (Lipinski definition) is 3. The minimum Gasteiger partial charge on any atom is -0.395 e. The number of aliphatic hydroxyl groups is 1. The van der Waals surface area contributed by atoms with Gasteiger partial charge in [-0.3, -0.25) is 9.59 Å². The fourth-order valence-corrected chi connectivity index (χ4v) is 1.73. The van der Waals surface area contributed by atoms with Gasteiger partial charge >= 0.3 is 0 Å². The predicted octanol–water partition coefficient (Wildman–Crippen LogP) is 0.547. The van der Waals surface area contributed by atoms with Crippen LogP contribution in [0.1, 0.15) is 27.9 Å². The van der Waals surface area contributed by atoms with Crippen molar-refractivity contribution in [2.45, 2.75) is 13.3 Å². The molecular weight excluding hydrogens is 268 g/mol. The Hall–Kier alpha value is -2.32. The maximum absolute atomic E-state index is 12.4. The minimum atomic E-state index is -0.254. The van der Waals surface area contributed by atoms with Crippen LogP contribution < -0.4 is 5.32 Å². The summed E-state index contributed by atoms with van der Waals surface area (Å²) >= 11 is 0. The van der Waals surface area contributed by atoms with E-state index in [1.165, 1.54) is 11.9 Å². The van der Waals surface area contributed by atoms with Crippen molar-refractivity contribution in [2.75, 3.05) is 27.2 Å². The van der Waals surface area contributed by atoms with Crippen LogP contribution in [0, 0.1) is 18.8 Å². The Bertz CT molecular complexity index is 585. The molecule has 0 aromatic heterocycles. The van der Waals surface area contributed by atoms with Gasteiger partial charge in [0.05, 0.1) is 18.7 Å². The molecule has 5 nitrogen and oxygen atoms in total. The van der Waals surface area contributed by atoms with Crippen molar-refractivity contribution in [1.29, 1.82) is 0 Å². The average molecular weight is 288 g/mol. The maximum atomic E-state index is 12.4. The van der Waals surface area contributed by atoms with Crippen LogP contribution in [-0.2, 0) is 4.79 Å². The molecule has 0 saturated carbocycles. The van der Waals surface area contributed by atoms with Gasteiger partial charge in [-0.15, -0.1) is 0 Å². The third-order valence-electron chi connectivity index (χ3n) is 2.87. The number of aryl methyl sites for hydroxylation is 1. The number of likely N-dealkylation sites (N-methyl/N-ethyl adjacent to an activating group) is 2. The van der Waals surface area contributed by atoms with Gasteiger partial charge in [0.1, 0.15) is 0 Å². The summed E-state index contributed by atoms with van der Waals surface area (Å²) in [5.74, 6) is 5.21. The first kappa shape index (κ1) is 16.7. The van der Waals surface area contributed by atoms with E-state index in [4.69, 9.17) is 5.11 Å². The van der Waals surface area contributed by atoms with Gasteiger partial charge in [0, 0.05) is 26.1 Å². The fourth-order valence-electron chi connectivity index (χ4n) is 1.73. The molecule has 1 aromatic rings. The molecule has 0 aliphatic rings. The van der Waals surface area contributed by atoms with Gasteiger partial charge < -0.3 is 15.3 Å². The van der Waals surface area contributed by atoms with E-state index in [2.05, 4.69) is 17.2 Å². The molecule has 2 N–H and O–H groups in total. The van der Waals surface area contributed by atoms with Crippen LogP contribution in [0.2, 0.25) is 0 Å². The molecule has 0 aliphatic heterocycles. The lowest BCUT2D eigenvalue weighted by atomic mass is 10.0. The molecule has 1 aromatic carbocycles. The number of aliphatic hydroxyl groups excluding tert-OH is 1. The normalized spacial score (nSPS) is 9.52. The van der Waals surface area contributed by atoms with Crippen molar-refractivity contribution >= 4 is 11.8 Å². The molecule has 5 heteroatoms. The van der Waals surface area contributed by atoms with Crippen LogP contribution in [0.5, 0.6) is 0 Å². The van der Waals surface area contributed by atoms with Crippen LogP contribution in [-0.4, -0.2) is 49.1 Å². The highest BCUT2D eigenvalue weighted by Gasteiger charge is 2.17. The Morgan fingerprint density at radius 2 is 2.10 bits per heavy atom. The van der Waals surface area contributed by atoms with Crippen molar-refractivity contribution in [3.63, 3.8) is 0 Å². The second kappa shape index (κ2) is 8.08. The molecule has 1 rings (SSSR count). The van der Waals surface area contributed by atoms with Crippen molar-refractivity contribution < 1.29 is 14.7 Å². The molecule has 0 unspecified atom stereocenters. The van der Waals surface area contributed by atoms with Crippen LogP contribution in [0.3, 0.4) is 0 Å². The van der Waals surface area contributed by atoms with Gasteiger partial charge in [0.2, 0.25) is 5.91 Å². The van der Waals surface area contributed by atoms with E-state index in [1.54, 1.807) is 19.2 Å². The van der Waals surface area contributed by atoms with Crippen molar-refractivity contribution in [3.05, 3.63) is 34.9 Å². The largest absolute Gasteiger partial charge is 0.395 e. The van der Waals surface area contributed by atoms with Crippen molar-refractivity contribution in [1.82, 2.24) is 10.2 Å². The number of nitrogens with one attached hydrogen (secondary N) is 1. The Morgan fingerprint density at radius 3 is 2.71 bits per heavy atom. The monoisotopic (exact) mass is 288 g/mol. The minimum absolute atomic E-state index is 0.00716. The second-order valence-electron chi connectivity index (χ2n) is 4.66. The summed E-state index contributed by atoms with van der Waals surface area (Å²) in [6, 6.07) is 5.41. The van der Waals surface area contributed by atoms with Gasteiger partial charge in [-0.2, -0.15) is 0 Å². The van der Waals surface area contributed by atoms with E-state index >= 15 is 0 Å². The first-order chi connectivity index (χ1) is 9.99. The smallest absolute Gasteiger partial charge is 0.255 e. The quantitative estimate of drug-likeness (QED) is 0.795. The van der Waals surface area contributed by atoms with Crippen molar-refractivity contribution in [3.8, 4) is 11.8 Å². The summed E-state index contributed by atoms with van der Waals surface area (Å²) in [5.41, 5.74) is 2.01. The summed E-state index contributed by atoms with van der Waals surface area (Å²) in [6.45, 7) is 1.87. The van der Waals surface area contributed by atoms with E-state index < -0.39 is 0 Å². The molecular formula is C16H20N2O3. The van der Waals surface area contributed by atoms with Crippen molar-refractivity contribution in [2.24, 2.45) is 0 Å².